The first kappa shape index (κ1) is 18.8. The summed E-state index contributed by atoms with van der Waals surface area (Å²) in [4.78, 5) is 31.1. The number of nitrogens with one attached hydrogen (secondary N) is 1. The van der Waals surface area contributed by atoms with Crippen LogP contribution in [0.5, 0.6) is 0 Å². The molecule has 0 radical (unpaired) electrons. The normalized spacial score (nSPS) is 13.6. The zero-order chi connectivity index (χ0) is 18.8. The van der Waals surface area contributed by atoms with E-state index >= 15 is 0 Å². The fraction of sp³-hybridized carbons (Fsp3) is 0.263. The van der Waals surface area contributed by atoms with Crippen molar-refractivity contribution < 1.29 is 14.5 Å². The Morgan fingerprint density at radius 3 is 2.50 bits per heavy atom. The second-order valence-corrected chi connectivity index (χ2v) is 8.03. The number of hydrogen-bond donors (Lipinski definition) is 1. The van der Waals surface area contributed by atoms with Crippen molar-refractivity contribution in [3.63, 3.8) is 0 Å². The number of para-hydroxylation sites is 1. The third-order valence-corrected chi connectivity index (χ3v) is 5.51. The van der Waals surface area contributed by atoms with Gasteiger partial charge in [0.25, 0.3) is 11.8 Å². The molecule has 7 heteroatoms. The second-order valence-electron chi connectivity index (χ2n) is 6.51. The third-order valence-electron chi connectivity index (χ3n) is 4.14. The van der Waals surface area contributed by atoms with Crippen molar-refractivity contribution in [2.45, 2.75) is 9.79 Å². The minimum Gasteiger partial charge on any atom is -0.344 e. The first-order valence-corrected chi connectivity index (χ1v) is 9.47. The molecule has 1 heterocycles. The number of fused-ring (bicyclic) bond motifs is 2. The summed E-state index contributed by atoms with van der Waals surface area (Å²) in [5, 5.41) is 0.588. The highest BCUT2D eigenvalue weighted by molar-refractivity contribution is 7.99. The van der Waals surface area contributed by atoms with Crippen LogP contribution in [-0.4, -0.2) is 50.9 Å². The van der Waals surface area contributed by atoms with Gasteiger partial charge in [-0.2, -0.15) is 0 Å². The molecule has 0 saturated carbocycles. The Bertz CT molecular complexity index is 856. The molecule has 5 nitrogen and oxygen atoms in total. The van der Waals surface area contributed by atoms with E-state index in [1.807, 2.05) is 49.5 Å². The molecule has 2 amide bonds. The van der Waals surface area contributed by atoms with Crippen molar-refractivity contribution in [1.29, 1.82) is 0 Å². The molecule has 26 heavy (non-hydrogen) atoms. The summed E-state index contributed by atoms with van der Waals surface area (Å²) in [5.41, 5.74) is 1.64. The molecule has 1 unspecified atom stereocenters. The quantitative estimate of drug-likeness (QED) is 0.869. The molecule has 0 spiro atoms. The van der Waals surface area contributed by atoms with E-state index in [2.05, 4.69) is 0 Å². The standard InChI is InChI=1S/C19H20ClN3O2S/c1-21(2)18(24)11-22(3)12-19(25)23-14-6-4-5-7-16(14)26-17-9-8-13(20)10-15(17)23/h4-10H,11-12H2,1-3H3/p+1. The maximum atomic E-state index is 13.1. The summed E-state index contributed by atoms with van der Waals surface area (Å²) in [6.07, 6.45) is 0. The fourth-order valence-electron chi connectivity index (χ4n) is 2.81. The Hall–Kier alpha value is -2.02. The van der Waals surface area contributed by atoms with Gasteiger partial charge < -0.3 is 9.80 Å². The summed E-state index contributed by atoms with van der Waals surface area (Å²) in [5.74, 6) is -0.0707. The van der Waals surface area contributed by atoms with E-state index in [4.69, 9.17) is 11.6 Å². The molecular formula is C19H21ClN3O2S+. The SMILES string of the molecule is CN(C)C(=O)C[NH+](C)CC(=O)N1c2ccccc2Sc2ccc(Cl)cc21. The van der Waals surface area contributed by atoms with Crippen LogP contribution in [0.25, 0.3) is 0 Å². The van der Waals surface area contributed by atoms with E-state index < -0.39 is 0 Å². The maximum Gasteiger partial charge on any atom is 0.286 e. The lowest BCUT2D eigenvalue weighted by Crippen LogP contribution is -3.11. The van der Waals surface area contributed by atoms with Gasteiger partial charge in [0, 0.05) is 28.9 Å². The van der Waals surface area contributed by atoms with Crippen LogP contribution >= 0.6 is 23.4 Å². The molecule has 0 aliphatic carbocycles. The lowest BCUT2D eigenvalue weighted by molar-refractivity contribution is -0.862. The van der Waals surface area contributed by atoms with Crippen molar-refractivity contribution in [1.82, 2.24) is 4.90 Å². The summed E-state index contributed by atoms with van der Waals surface area (Å²) in [6.45, 7) is 0.482. The number of nitrogens with zero attached hydrogens (tertiary/aromatic N) is 2. The summed E-state index contributed by atoms with van der Waals surface area (Å²) in [7, 11) is 5.28. The molecular weight excluding hydrogens is 370 g/mol. The van der Waals surface area contributed by atoms with Crippen molar-refractivity contribution in [2.75, 3.05) is 39.1 Å². The number of amides is 2. The van der Waals surface area contributed by atoms with E-state index in [0.717, 1.165) is 26.1 Å². The summed E-state index contributed by atoms with van der Waals surface area (Å²) in [6, 6.07) is 13.4. The Morgan fingerprint density at radius 1 is 1.08 bits per heavy atom. The maximum absolute atomic E-state index is 13.1. The molecule has 1 aliphatic rings. The highest BCUT2D eigenvalue weighted by atomic mass is 35.5. The molecule has 1 N–H and O–H groups in total. The Morgan fingerprint density at radius 2 is 1.77 bits per heavy atom. The van der Waals surface area contributed by atoms with Crippen LogP contribution in [0.2, 0.25) is 5.02 Å². The number of quaternary nitrogens is 1. The Kier molecular flexibility index (Phi) is 5.55. The average molecular weight is 391 g/mol. The number of anilines is 2. The molecule has 0 bridgehead atoms. The van der Waals surface area contributed by atoms with E-state index in [9.17, 15) is 9.59 Å². The van der Waals surface area contributed by atoms with Crippen LogP contribution in [-0.2, 0) is 9.59 Å². The van der Waals surface area contributed by atoms with Gasteiger partial charge in [0.1, 0.15) is 0 Å². The van der Waals surface area contributed by atoms with Crippen molar-refractivity contribution in [3.05, 3.63) is 47.5 Å². The lowest BCUT2D eigenvalue weighted by Gasteiger charge is -2.31. The molecule has 1 aliphatic heterocycles. The summed E-state index contributed by atoms with van der Waals surface area (Å²) < 4.78 is 0. The van der Waals surface area contributed by atoms with Crippen LogP contribution in [0.15, 0.2) is 52.3 Å². The molecule has 2 aromatic rings. The molecule has 0 saturated heterocycles. The van der Waals surface area contributed by atoms with Gasteiger partial charge >= 0.3 is 0 Å². The monoisotopic (exact) mass is 390 g/mol. The molecule has 2 aromatic carbocycles. The van der Waals surface area contributed by atoms with Crippen LogP contribution in [0.1, 0.15) is 0 Å². The first-order chi connectivity index (χ1) is 12.4. The van der Waals surface area contributed by atoms with E-state index in [0.29, 0.717) is 5.02 Å². The highest BCUT2D eigenvalue weighted by Crippen LogP contribution is 2.48. The van der Waals surface area contributed by atoms with Crippen molar-refractivity contribution in [2.24, 2.45) is 0 Å². The average Bonchev–Trinajstić information content (AvgIpc) is 2.59. The number of halogens is 1. The van der Waals surface area contributed by atoms with Gasteiger partial charge in [-0.15, -0.1) is 0 Å². The van der Waals surface area contributed by atoms with Crippen LogP contribution in [0, 0.1) is 0 Å². The van der Waals surface area contributed by atoms with Crippen molar-refractivity contribution in [3.8, 4) is 0 Å². The number of hydrogen-bond acceptors (Lipinski definition) is 3. The van der Waals surface area contributed by atoms with Crippen LogP contribution in [0.4, 0.5) is 11.4 Å². The Labute approximate surface area is 162 Å². The zero-order valence-electron chi connectivity index (χ0n) is 15.0. The van der Waals surface area contributed by atoms with Gasteiger partial charge in [-0.3, -0.25) is 14.5 Å². The van der Waals surface area contributed by atoms with Gasteiger partial charge in [0.05, 0.1) is 18.4 Å². The topological polar surface area (TPSA) is 45.1 Å². The minimum atomic E-state index is -0.0645. The van der Waals surface area contributed by atoms with Crippen molar-refractivity contribution >= 4 is 46.6 Å². The largest absolute Gasteiger partial charge is 0.344 e. The van der Waals surface area contributed by atoms with Gasteiger partial charge in [-0.25, -0.2) is 0 Å². The number of benzene rings is 2. The van der Waals surface area contributed by atoms with Gasteiger partial charge in [0.15, 0.2) is 13.1 Å². The van der Waals surface area contributed by atoms with Gasteiger partial charge in [-0.05, 0) is 30.3 Å². The Balaban J connectivity index is 1.90. The minimum absolute atomic E-state index is 0.00616. The van der Waals surface area contributed by atoms with Crippen LogP contribution < -0.4 is 9.80 Å². The molecule has 1 atom stereocenters. The molecule has 136 valence electrons. The van der Waals surface area contributed by atoms with E-state index in [-0.39, 0.29) is 24.9 Å². The predicted molar refractivity (Wildman–Crippen MR) is 104 cm³/mol. The van der Waals surface area contributed by atoms with Gasteiger partial charge in [-0.1, -0.05) is 35.5 Å². The smallest absolute Gasteiger partial charge is 0.286 e. The number of carbonyl (C=O) groups is 2. The predicted octanol–water partition coefficient (Wildman–Crippen LogP) is 2.07. The van der Waals surface area contributed by atoms with Gasteiger partial charge in [0.2, 0.25) is 0 Å². The molecule has 3 rings (SSSR count). The number of rotatable bonds is 4. The molecule has 0 aromatic heterocycles. The summed E-state index contributed by atoms with van der Waals surface area (Å²) >= 11 is 7.81. The second kappa shape index (κ2) is 7.70. The van der Waals surface area contributed by atoms with Crippen LogP contribution in [0.3, 0.4) is 0 Å². The first-order valence-electron chi connectivity index (χ1n) is 8.27. The lowest BCUT2D eigenvalue weighted by atomic mass is 10.2. The third kappa shape index (κ3) is 3.87. The fourth-order valence-corrected chi connectivity index (χ4v) is 4.02. The van der Waals surface area contributed by atoms with E-state index in [1.54, 1.807) is 30.8 Å². The highest BCUT2D eigenvalue weighted by Gasteiger charge is 2.30. The zero-order valence-corrected chi connectivity index (χ0v) is 16.5. The van der Waals surface area contributed by atoms with E-state index in [1.165, 1.54) is 4.90 Å². The number of likely N-dealkylation sites (N-methyl/N-ethyl adjacent to an activating group) is 2. The molecule has 0 fully saturated rings. The number of carbonyl (C=O) groups excluding carboxylic acids is 2.